The van der Waals surface area contributed by atoms with E-state index in [1.807, 2.05) is 12.1 Å². The van der Waals surface area contributed by atoms with E-state index in [4.69, 9.17) is 11.6 Å². The molecule has 1 fully saturated rings. The topological polar surface area (TPSA) is 99.7 Å². The second kappa shape index (κ2) is 7.88. The second-order valence-corrected chi connectivity index (χ2v) is 6.89. The molecule has 0 bridgehead atoms. The zero-order chi connectivity index (χ0) is 19.5. The summed E-state index contributed by atoms with van der Waals surface area (Å²) in [5, 5.41) is 22.7. The molecule has 142 valence electrons. The normalized spacial score (nSPS) is 16.0. The maximum absolute atomic E-state index is 9.23. The minimum absolute atomic E-state index is 0.0207. The highest BCUT2D eigenvalue weighted by Crippen LogP contribution is 2.22. The van der Waals surface area contributed by atoms with Gasteiger partial charge in [0.2, 0.25) is 0 Å². The molecule has 10 heteroatoms. The monoisotopic (exact) mass is 395 g/mol. The van der Waals surface area contributed by atoms with Gasteiger partial charge in [0.15, 0.2) is 17.3 Å². The van der Waals surface area contributed by atoms with Gasteiger partial charge in [-0.2, -0.15) is 5.26 Å². The van der Waals surface area contributed by atoms with Crippen molar-refractivity contribution < 1.29 is 0 Å². The average Bonchev–Trinajstić information content (AvgIpc) is 3.24. The van der Waals surface area contributed by atoms with E-state index >= 15 is 0 Å². The zero-order valence-electron chi connectivity index (χ0n) is 15.3. The summed E-state index contributed by atoms with van der Waals surface area (Å²) in [6, 6.07) is 9.46. The summed E-state index contributed by atoms with van der Waals surface area (Å²) < 4.78 is 0. The fourth-order valence-corrected chi connectivity index (χ4v) is 3.41. The van der Waals surface area contributed by atoms with Crippen molar-refractivity contribution in [3.63, 3.8) is 0 Å². The summed E-state index contributed by atoms with van der Waals surface area (Å²) >= 11 is 6.04. The van der Waals surface area contributed by atoms with E-state index in [2.05, 4.69) is 48.2 Å². The van der Waals surface area contributed by atoms with Crippen molar-refractivity contribution in [2.75, 3.05) is 31.1 Å². The number of piperazine rings is 1. The Labute approximate surface area is 167 Å². The summed E-state index contributed by atoms with van der Waals surface area (Å²) in [7, 11) is 0. The fourth-order valence-electron chi connectivity index (χ4n) is 3.23. The zero-order valence-corrected chi connectivity index (χ0v) is 16.0. The SMILES string of the molecule is C[C@@H](c1nnn(-c2cccc(Cl)c2)n1)N1CCN(c2nccnc2C#N)CC1. The predicted octanol–water partition coefficient (Wildman–Crippen LogP) is 1.86. The van der Waals surface area contributed by atoms with Crippen LogP contribution in [0.3, 0.4) is 0 Å². The molecular weight excluding hydrogens is 378 g/mol. The van der Waals surface area contributed by atoms with E-state index in [1.165, 1.54) is 11.0 Å². The van der Waals surface area contributed by atoms with E-state index in [1.54, 1.807) is 18.3 Å². The second-order valence-electron chi connectivity index (χ2n) is 6.46. The number of anilines is 1. The molecular formula is C18H18ClN9. The van der Waals surface area contributed by atoms with Crippen LogP contribution in [0.25, 0.3) is 5.69 Å². The van der Waals surface area contributed by atoms with Crippen LogP contribution in [0.2, 0.25) is 5.02 Å². The van der Waals surface area contributed by atoms with E-state index in [0.717, 1.165) is 31.9 Å². The van der Waals surface area contributed by atoms with Crippen LogP contribution in [0.1, 0.15) is 24.5 Å². The molecule has 0 saturated carbocycles. The van der Waals surface area contributed by atoms with Crippen LogP contribution in [0.5, 0.6) is 0 Å². The van der Waals surface area contributed by atoms with Crippen LogP contribution in [-0.2, 0) is 0 Å². The fraction of sp³-hybridized carbons (Fsp3) is 0.333. The number of aromatic nitrogens is 6. The highest BCUT2D eigenvalue weighted by molar-refractivity contribution is 6.30. The van der Waals surface area contributed by atoms with Crippen molar-refractivity contribution in [2.24, 2.45) is 0 Å². The van der Waals surface area contributed by atoms with Crippen LogP contribution in [0.15, 0.2) is 36.7 Å². The number of nitrogens with zero attached hydrogens (tertiary/aromatic N) is 9. The van der Waals surface area contributed by atoms with Gasteiger partial charge in [-0.25, -0.2) is 9.97 Å². The maximum atomic E-state index is 9.23. The van der Waals surface area contributed by atoms with Crippen molar-refractivity contribution in [2.45, 2.75) is 13.0 Å². The lowest BCUT2D eigenvalue weighted by Crippen LogP contribution is -2.48. The van der Waals surface area contributed by atoms with Crippen molar-refractivity contribution >= 4 is 17.4 Å². The van der Waals surface area contributed by atoms with E-state index < -0.39 is 0 Å². The first-order valence-corrected chi connectivity index (χ1v) is 9.29. The molecule has 1 aliphatic rings. The van der Waals surface area contributed by atoms with Gasteiger partial charge in [0.1, 0.15) is 6.07 Å². The largest absolute Gasteiger partial charge is 0.352 e. The standard InChI is InChI=1S/C18H18ClN9/c1-13(17-23-25-28(24-17)15-4-2-3-14(19)11-15)26-7-9-27(10-8-26)18-16(12-20)21-5-6-22-18/h2-6,11,13H,7-10H2,1H3/t13-/m0/s1. The lowest BCUT2D eigenvalue weighted by molar-refractivity contribution is 0.191. The van der Waals surface area contributed by atoms with Gasteiger partial charge in [-0.15, -0.1) is 15.0 Å². The number of rotatable bonds is 4. The Kier molecular flexibility index (Phi) is 5.14. The molecule has 0 amide bonds. The summed E-state index contributed by atoms with van der Waals surface area (Å²) in [5.41, 5.74) is 1.13. The lowest BCUT2D eigenvalue weighted by atomic mass is 10.2. The quantitative estimate of drug-likeness (QED) is 0.660. The molecule has 28 heavy (non-hydrogen) atoms. The molecule has 1 atom stereocenters. The Balaban J connectivity index is 1.43. The molecule has 1 aromatic carbocycles. The third-order valence-corrected chi connectivity index (χ3v) is 5.02. The minimum atomic E-state index is 0.0207. The number of tetrazole rings is 1. The highest BCUT2D eigenvalue weighted by Gasteiger charge is 2.26. The molecule has 9 nitrogen and oxygen atoms in total. The summed E-state index contributed by atoms with van der Waals surface area (Å²) in [4.78, 5) is 14.3. The summed E-state index contributed by atoms with van der Waals surface area (Å²) in [5.74, 6) is 1.30. The number of nitriles is 1. The van der Waals surface area contributed by atoms with Gasteiger partial charge in [0.25, 0.3) is 0 Å². The molecule has 2 aromatic heterocycles. The van der Waals surface area contributed by atoms with E-state index in [0.29, 0.717) is 22.4 Å². The third-order valence-electron chi connectivity index (χ3n) is 4.79. The van der Waals surface area contributed by atoms with Gasteiger partial charge >= 0.3 is 0 Å². The molecule has 0 unspecified atom stereocenters. The molecule has 4 rings (SSSR count). The first-order valence-electron chi connectivity index (χ1n) is 8.91. The Morgan fingerprint density at radius 2 is 1.93 bits per heavy atom. The Bertz CT molecular complexity index is 1000. The minimum Gasteiger partial charge on any atom is -0.352 e. The molecule has 3 aromatic rings. The van der Waals surface area contributed by atoms with Gasteiger partial charge in [-0.05, 0) is 30.3 Å². The van der Waals surface area contributed by atoms with Crippen LogP contribution in [0, 0.1) is 11.3 Å². The van der Waals surface area contributed by atoms with E-state index in [-0.39, 0.29) is 6.04 Å². The predicted molar refractivity (Wildman–Crippen MR) is 103 cm³/mol. The van der Waals surface area contributed by atoms with Crippen molar-refractivity contribution in [1.82, 2.24) is 35.1 Å². The summed E-state index contributed by atoms with van der Waals surface area (Å²) in [6.45, 7) is 5.17. The number of benzene rings is 1. The van der Waals surface area contributed by atoms with Crippen LogP contribution in [-0.4, -0.2) is 61.3 Å². The summed E-state index contributed by atoms with van der Waals surface area (Å²) in [6.07, 6.45) is 3.15. The Morgan fingerprint density at radius 3 is 2.68 bits per heavy atom. The third kappa shape index (κ3) is 3.65. The van der Waals surface area contributed by atoms with Crippen molar-refractivity contribution in [3.05, 3.63) is 53.2 Å². The van der Waals surface area contributed by atoms with E-state index in [9.17, 15) is 5.26 Å². The van der Waals surface area contributed by atoms with Gasteiger partial charge < -0.3 is 4.90 Å². The van der Waals surface area contributed by atoms with Crippen LogP contribution < -0.4 is 4.90 Å². The first kappa shape index (κ1) is 18.3. The van der Waals surface area contributed by atoms with Crippen LogP contribution >= 0.6 is 11.6 Å². The van der Waals surface area contributed by atoms with Gasteiger partial charge in [-0.3, -0.25) is 4.90 Å². The molecule has 0 spiro atoms. The molecule has 0 aliphatic carbocycles. The number of hydrogen-bond donors (Lipinski definition) is 0. The highest BCUT2D eigenvalue weighted by atomic mass is 35.5. The van der Waals surface area contributed by atoms with Gasteiger partial charge in [0.05, 0.1) is 11.7 Å². The molecule has 3 heterocycles. The molecule has 1 saturated heterocycles. The molecule has 0 radical (unpaired) electrons. The molecule has 0 N–H and O–H groups in total. The number of hydrogen-bond acceptors (Lipinski definition) is 8. The number of halogens is 1. The van der Waals surface area contributed by atoms with Crippen molar-refractivity contribution in [1.29, 1.82) is 5.26 Å². The molecule has 1 aliphatic heterocycles. The first-order chi connectivity index (χ1) is 13.7. The maximum Gasteiger partial charge on any atom is 0.192 e. The van der Waals surface area contributed by atoms with Gasteiger partial charge in [0, 0.05) is 43.6 Å². The van der Waals surface area contributed by atoms with Crippen LogP contribution in [0.4, 0.5) is 5.82 Å². The lowest BCUT2D eigenvalue weighted by Gasteiger charge is -2.37. The Hall–Kier alpha value is -3.09. The van der Waals surface area contributed by atoms with Gasteiger partial charge in [-0.1, -0.05) is 17.7 Å². The smallest absolute Gasteiger partial charge is 0.192 e. The van der Waals surface area contributed by atoms with Crippen molar-refractivity contribution in [3.8, 4) is 11.8 Å². The Morgan fingerprint density at radius 1 is 1.14 bits per heavy atom. The average molecular weight is 396 g/mol.